The first-order valence-electron chi connectivity index (χ1n) is 7.53. The zero-order valence-electron chi connectivity index (χ0n) is 12.8. The van der Waals surface area contributed by atoms with E-state index >= 15 is 0 Å². The summed E-state index contributed by atoms with van der Waals surface area (Å²) in [6.45, 7) is 5.65. The van der Waals surface area contributed by atoms with Crippen LogP contribution in [0.3, 0.4) is 0 Å². The second-order valence-corrected chi connectivity index (χ2v) is 7.01. The van der Waals surface area contributed by atoms with Crippen LogP contribution in [0.1, 0.15) is 51.1 Å². The minimum atomic E-state index is 0.281. The molecule has 0 bridgehead atoms. The lowest BCUT2D eigenvalue weighted by molar-refractivity contribution is 0.0435. The molecule has 3 heteroatoms. The van der Waals surface area contributed by atoms with Gasteiger partial charge in [-0.3, -0.25) is 0 Å². The summed E-state index contributed by atoms with van der Waals surface area (Å²) in [6.07, 6.45) is 5.30. The summed E-state index contributed by atoms with van der Waals surface area (Å²) in [7, 11) is 4.51. The van der Waals surface area contributed by atoms with E-state index in [0.29, 0.717) is 6.04 Å². The Bertz CT molecular complexity index is 364. The normalized spacial score (nSPS) is 29.6. The van der Waals surface area contributed by atoms with Crippen LogP contribution in [0.2, 0.25) is 0 Å². The molecule has 1 heterocycles. The third kappa shape index (κ3) is 3.04. The van der Waals surface area contributed by atoms with Crippen LogP contribution in [-0.4, -0.2) is 31.1 Å². The maximum atomic E-state index is 3.76. The zero-order valence-corrected chi connectivity index (χ0v) is 13.6. The van der Waals surface area contributed by atoms with Gasteiger partial charge in [-0.2, -0.15) is 11.3 Å². The van der Waals surface area contributed by atoms with Crippen molar-refractivity contribution >= 4 is 11.3 Å². The molecule has 1 unspecified atom stereocenters. The van der Waals surface area contributed by atoms with Gasteiger partial charge in [0.25, 0.3) is 0 Å². The van der Waals surface area contributed by atoms with E-state index in [1.165, 1.54) is 31.2 Å². The number of nitrogens with zero attached hydrogens (tertiary/aromatic N) is 1. The Labute approximate surface area is 122 Å². The molecular formula is C16H28N2S. The predicted octanol–water partition coefficient (Wildman–Crippen LogP) is 3.91. The maximum Gasteiger partial charge on any atom is 0.0515 e. The van der Waals surface area contributed by atoms with Gasteiger partial charge >= 0.3 is 0 Å². The van der Waals surface area contributed by atoms with Crippen molar-refractivity contribution in [3.05, 3.63) is 22.4 Å². The summed E-state index contributed by atoms with van der Waals surface area (Å²) in [5.41, 5.74) is 1.75. The Kier molecular flexibility index (Phi) is 5.04. The van der Waals surface area contributed by atoms with Gasteiger partial charge < -0.3 is 10.2 Å². The van der Waals surface area contributed by atoms with E-state index in [9.17, 15) is 0 Å². The van der Waals surface area contributed by atoms with Crippen LogP contribution in [0.25, 0.3) is 0 Å². The summed E-state index contributed by atoms with van der Waals surface area (Å²) in [4.78, 5) is 2.48. The molecule has 1 fully saturated rings. The van der Waals surface area contributed by atoms with Crippen LogP contribution < -0.4 is 5.32 Å². The third-order valence-corrected chi connectivity index (χ3v) is 5.55. The predicted molar refractivity (Wildman–Crippen MR) is 84.8 cm³/mol. The molecule has 19 heavy (non-hydrogen) atoms. The molecule has 1 aliphatic rings. The average Bonchev–Trinajstić information content (AvgIpc) is 2.91. The summed E-state index contributed by atoms with van der Waals surface area (Å²) in [6, 6.07) is 2.76. The lowest BCUT2D eigenvalue weighted by atomic mass is 9.70. The summed E-state index contributed by atoms with van der Waals surface area (Å²) in [5.74, 6) is 0.887. The molecule has 2 rings (SSSR count). The fraction of sp³-hybridized carbons (Fsp3) is 0.750. The number of rotatable bonds is 5. The maximum absolute atomic E-state index is 3.76. The minimum Gasteiger partial charge on any atom is -0.309 e. The van der Waals surface area contributed by atoms with Crippen molar-refractivity contribution in [2.45, 2.75) is 51.1 Å². The van der Waals surface area contributed by atoms with E-state index in [1.807, 2.05) is 11.3 Å². The van der Waals surface area contributed by atoms with Gasteiger partial charge in [0.2, 0.25) is 0 Å². The van der Waals surface area contributed by atoms with Crippen molar-refractivity contribution in [1.82, 2.24) is 10.2 Å². The van der Waals surface area contributed by atoms with Crippen molar-refractivity contribution in [1.29, 1.82) is 0 Å². The standard InChI is InChI=1S/C16H28N2S/c1-5-17-15(14-8-11-19-12-14)16(18(3)4)9-6-13(2)7-10-16/h8,11-13,15,17H,5-7,9-10H2,1-4H3. The van der Waals surface area contributed by atoms with Gasteiger partial charge in [-0.15, -0.1) is 0 Å². The molecule has 1 aliphatic carbocycles. The highest BCUT2D eigenvalue weighted by Gasteiger charge is 2.43. The van der Waals surface area contributed by atoms with Gasteiger partial charge in [-0.1, -0.05) is 13.8 Å². The monoisotopic (exact) mass is 280 g/mol. The molecule has 0 spiro atoms. The highest BCUT2D eigenvalue weighted by Crippen LogP contribution is 2.44. The number of hydrogen-bond acceptors (Lipinski definition) is 3. The van der Waals surface area contributed by atoms with Crippen LogP contribution in [0.15, 0.2) is 16.8 Å². The van der Waals surface area contributed by atoms with E-state index in [0.717, 1.165) is 12.5 Å². The quantitative estimate of drug-likeness (QED) is 0.879. The van der Waals surface area contributed by atoms with Gasteiger partial charge in [0.1, 0.15) is 0 Å². The van der Waals surface area contributed by atoms with Crippen LogP contribution in [-0.2, 0) is 0 Å². The van der Waals surface area contributed by atoms with Crippen LogP contribution >= 0.6 is 11.3 Å². The van der Waals surface area contributed by atoms with Gasteiger partial charge in [-0.05, 0) is 74.6 Å². The van der Waals surface area contributed by atoms with Crippen molar-refractivity contribution in [2.24, 2.45) is 5.92 Å². The average molecular weight is 280 g/mol. The molecule has 0 radical (unpaired) electrons. The van der Waals surface area contributed by atoms with Crippen molar-refractivity contribution in [2.75, 3.05) is 20.6 Å². The van der Waals surface area contributed by atoms with Gasteiger partial charge in [-0.25, -0.2) is 0 Å². The smallest absolute Gasteiger partial charge is 0.0515 e. The molecule has 0 aliphatic heterocycles. The molecule has 0 aromatic carbocycles. The molecule has 108 valence electrons. The topological polar surface area (TPSA) is 15.3 Å². The largest absolute Gasteiger partial charge is 0.309 e. The Morgan fingerprint density at radius 3 is 2.58 bits per heavy atom. The van der Waals surface area contributed by atoms with Crippen molar-refractivity contribution in [3.8, 4) is 0 Å². The summed E-state index contributed by atoms with van der Waals surface area (Å²) >= 11 is 1.81. The summed E-state index contributed by atoms with van der Waals surface area (Å²) < 4.78 is 0. The fourth-order valence-corrected chi connectivity index (χ4v) is 4.20. The van der Waals surface area contributed by atoms with Gasteiger partial charge in [0, 0.05) is 5.54 Å². The Morgan fingerprint density at radius 1 is 1.42 bits per heavy atom. The molecular weight excluding hydrogens is 252 g/mol. The van der Waals surface area contributed by atoms with Gasteiger partial charge in [0.15, 0.2) is 0 Å². The SMILES string of the molecule is CCNC(c1ccsc1)C1(N(C)C)CCC(C)CC1. The first kappa shape index (κ1) is 15.0. The van der Waals surface area contributed by atoms with E-state index in [-0.39, 0.29) is 5.54 Å². The molecule has 1 aromatic rings. The first-order chi connectivity index (χ1) is 9.10. The number of hydrogen-bond donors (Lipinski definition) is 1. The zero-order chi connectivity index (χ0) is 13.9. The van der Waals surface area contributed by atoms with E-state index in [2.05, 4.69) is 55.0 Å². The minimum absolute atomic E-state index is 0.281. The first-order valence-corrected chi connectivity index (χ1v) is 8.47. The molecule has 2 nitrogen and oxygen atoms in total. The molecule has 1 saturated carbocycles. The van der Waals surface area contributed by atoms with Crippen LogP contribution in [0.4, 0.5) is 0 Å². The molecule has 1 atom stereocenters. The second-order valence-electron chi connectivity index (χ2n) is 6.23. The number of nitrogens with one attached hydrogen (secondary N) is 1. The number of thiophene rings is 1. The Morgan fingerprint density at radius 2 is 2.11 bits per heavy atom. The van der Waals surface area contributed by atoms with Gasteiger partial charge in [0.05, 0.1) is 6.04 Å². The van der Waals surface area contributed by atoms with Crippen LogP contribution in [0.5, 0.6) is 0 Å². The van der Waals surface area contributed by atoms with Crippen LogP contribution in [0, 0.1) is 5.92 Å². The third-order valence-electron chi connectivity index (χ3n) is 4.85. The van der Waals surface area contributed by atoms with E-state index < -0.39 is 0 Å². The molecule has 1 N–H and O–H groups in total. The lowest BCUT2D eigenvalue weighted by Gasteiger charge is -2.50. The second kappa shape index (κ2) is 6.38. The molecule has 0 amide bonds. The van der Waals surface area contributed by atoms with E-state index in [4.69, 9.17) is 0 Å². The highest BCUT2D eigenvalue weighted by atomic mass is 32.1. The Balaban J connectivity index is 2.29. The number of likely N-dealkylation sites (N-methyl/N-ethyl adjacent to an activating group) is 2. The summed E-state index contributed by atoms with van der Waals surface area (Å²) in [5, 5.41) is 8.28. The highest BCUT2D eigenvalue weighted by molar-refractivity contribution is 7.07. The molecule has 0 saturated heterocycles. The molecule has 1 aromatic heterocycles. The van der Waals surface area contributed by atoms with Crippen molar-refractivity contribution < 1.29 is 0 Å². The van der Waals surface area contributed by atoms with E-state index in [1.54, 1.807) is 0 Å². The Hall–Kier alpha value is -0.380. The lowest BCUT2D eigenvalue weighted by Crippen LogP contribution is -2.55. The fourth-order valence-electron chi connectivity index (χ4n) is 3.52. The van der Waals surface area contributed by atoms with Crippen molar-refractivity contribution in [3.63, 3.8) is 0 Å².